The van der Waals surface area contributed by atoms with Gasteiger partial charge >= 0.3 is 0 Å². The molecule has 2 heterocycles. The Balaban J connectivity index is 1.77. The number of carbonyl (C=O) groups is 1. The van der Waals surface area contributed by atoms with E-state index in [2.05, 4.69) is 42.7 Å². The number of nitrogens with zero attached hydrogens (tertiary/aromatic N) is 2. The normalized spacial score (nSPS) is 12.0. The first-order valence-corrected chi connectivity index (χ1v) is 10.1. The average molecular weight is 405 g/mol. The lowest BCUT2D eigenvalue weighted by molar-refractivity contribution is -0.115. The first-order valence-electron chi connectivity index (χ1n) is 10.1. The number of nitriles is 1. The van der Waals surface area contributed by atoms with Crippen LogP contribution in [-0.4, -0.2) is 17.0 Å². The van der Waals surface area contributed by atoms with Crippen LogP contribution in [0, 0.1) is 31.1 Å². The van der Waals surface area contributed by atoms with Crippen molar-refractivity contribution in [2.45, 2.75) is 40.3 Å². The molecule has 1 amide bonds. The lowest BCUT2D eigenvalue weighted by Crippen LogP contribution is -2.34. The molecule has 0 unspecified atom stereocenters. The van der Waals surface area contributed by atoms with E-state index in [0.717, 1.165) is 22.6 Å². The van der Waals surface area contributed by atoms with E-state index in [0.29, 0.717) is 23.8 Å². The van der Waals surface area contributed by atoms with Crippen molar-refractivity contribution in [1.29, 1.82) is 5.26 Å². The van der Waals surface area contributed by atoms with Gasteiger partial charge in [-0.15, -0.1) is 0 Å². The van der Waals surface area contributed by atoms with E-state index in [4.69, 9.17) is 4.42 Å². The highest BCUT2D eigenvalue weighted by molar-refractivity contribution is 5.93. The number of furan rings is 1. The molecule has 0 spiro atoms. The highest BCUT2D eigenvalue weighted by Crippen LogP contribution is 2.27. The summed E-state index contributed by atoms with van der Waals surface area (Å²) in [5.41, 5.74) is 3.41. The summed E-state index contributed by atoms with van der Waals surface area (Å²) in [5.74, 6) is 1.40. The molecular formula is C24H28N4O2. The van der Waals surface area contributed by atoms with Crippen LogP contribution in [0.3, 0.4) is 0 Å². The minimum Gasteiger partial charge on any atom is -0.467 e. The summed E-state index contributed by atoms with van der Waals surface area (Å²) in [4.78, 5) is 12.8. The number of rotatable bonds is 8. The fraction of sp³-hybridized carbons (Fsp3) is 0.333. The Morgan fingerprint density at radius 3 is 2.50 bits per heavy atom. The SMILES string of the molecule is Cc1c(C#N)c(NC(=O)CN[C@H](c2ccccc2)C(C)C)n(Cc2ccco2)c1C. The van der Waals surface area contributed by atoms with Crippen molar-refractivity contribution in [2.24, 2.45) is 5.92 Å². The van der Waals surface area contributed by atoms with Gasteiger partial charge in [-0.2, -0.15) is 5.26 Å². The molecule has 156 valence electrons. The number of hydrogen-bond acceptors (Lipinski definition) is 4. The first-order chi connectivity index (χ1) is 14.4. The molecule has 0 aliphatic heterocycles. The number of amides is 1. The van der Waals surface area contributed by atoms with Crippen LogP contribution in [0.1, 0.15) is 48.0 Å². The second-order valence-electron chi connectivity index (χ2n) is 7.77. The Kier molecular flexibility index (Phi) is 6.76. The standard InChI is InChI=1S/C24H28N4O2/c1-16(2)23(19-9-6-5-7-10-19)26-14-22(29)27-24-21(13-25)17(3)18(4)28(24)15-20-11-8-12-30-20/h5-12,16,23,26H,14-15H2,1-4H3,(H,27,29)/t23-/m0/s1. The number of benzene rings is 1. The zero-order chi connectivity index (χ0) is 21.7. The van der Waals surface area contributed by atoms with Crippen LogP contribution in [0.25, 0.3) is 0 Å². The van der Waals surface area contributed by atoms with E-state index in [1.807, 2.05) is 48.7 Å². The van der Waals surface area contributed by atoms with E-state index in [1.165, 1.54) is 0 Å². The van der Waals surface area contributed by atoms with Crippen LogP contribution in [0.5, 0.6) is 0 Å². The third-order valence-corrected chi connectivity index (χ3v) is 5.40. The molecule has 0 saturated carbocycles. The Bertz CT molecular complexity index is 1030. The molecule has 30 heavy (non-hydrogen) atoms. The summed E-state index contributed by atoms with van der Waals surface area (Å²) in [6.45, 7) is 8.67. The van der Waals surface area contributed by atoms with Crippen molar-refractivity contribution in [3.05, 3.63) is 76.9 Å². The molecule has 3 rings (SSSR count). The molecule has 1 aromatic carbocycles. The number of nitrogens with one attached hydrogen (secondary N) is 2. The molecule has 0 aliphatic rings. The lowest BCUT2D eigenvalue weighted by Gasteiger charge is -2.23. The Morgan fingerprint density at radius 1 is 1.17 bits per heavy atom. The Hall–Kier alpha value is -3.30. The monoisotopic (exact) mass is 404 g/mol. The Labute approximate surface area is 177 Å². The smallest absolute Gasteiger partial charge is 0.239 e. The van der Waals surface area contributed by atoms with E-state index in [-0.39, 0.29) is 18.5 Å². The summed E-state index contributed by atoms with van der Waals surface area (Å²) < 4.78 is 7.38. The van der Waals surface area contributed by atoms with Gasteiger partial charge in [-0.3, -0.25) is 4.79 Å². The minimum atomic E-state index is -0.189. The molecule has 3 aromatic rings. The molecule has 0 fully saturated rings. The second kappa shape index (κ2) is 9.47. The van der Waals surface area contributed by atoms with Gasteiger partial charge in [0.05, 0.1) is 24.9 Å². The molecule has 2 aromatic heterocycles. The average Bonchev–Trinajstić information content (AvgIpc) is 3.32. The molecule has 6 nitrogen and oxygen atoms in total. The third kappa shape index (κ3) is 4.64. The van der Waals surface area contributed by atoms with Crippen LogP contribution >= 0.6 is 0 Å². The maximum absolute atomic E-state index is 12.8. The molecule has 0 bridgehead atoms. The van der Waals surface area contributed by atoms with Crippen LogP contribution in [0.4, 0.5) is 5.82 Å². The summed E-state index contributed by atoms with van der Waals surface area (Å²) in [5, 5.41) is 16.0. The zero-order valence-electron chi connectivity index (χ0n) is 17.9. The molecule has 6 heteroatoms. The molecular weight excluding hydrogens is 376 g/mol. The van der Waals surface area contributed by atoms with Gasteiger partial charge in [-0.05, 0) is 43.0 Å². The van der Waals surface area contributed by atoms with Gasteiger partial charge in [0.15, 0.2) is 0 Å². The number of carbonyl (C=O) groups excluding carboxylic acids is 1. The van der Waals surface area contributed by atoms with Gasteiger partial charge in [-0.1, -0.05) is 44.2 Å². The summed E-state index contributed by atoms with van der Waals surface area (Å²) in [6, 6.07) is 16.1. The second-order valence-corrected chi connectivity index (χ2v) is 7.77. The number of anilines is 1. The Morgan fingerprint density at radius 2 is 1.90 bits per heavy atom. The van der Waals surface area contributed by atoms with E-state index in [9.17, 15) is 10.1 Å². The van der Waals surface area contributed by atoms with Gasteiger partial charge in [-0.25, -0.2) is 0 Å². The summed E-state index contributed by atoms with van der Waals surface area (Å²) in [7, 11) is 0. The van der Waals surface area contributed by atoms with Crippen molar-refractivity contribution >= 4 is 11.7 Å². The van der Waals surface area contributed by atoms with Crippen LogP contribution in [0.2, 0.25) is 0 Å². The molecule has 0 radical (unpaired) electrons. The zero-order valence-corrected chi connectivity index (χ0v) is 17.9. The maximum Gasteiger partial charge on any atom is 0.239 e. The number of aromatic nitrogens is 1. The topological polar surface area (TPSA) is 83.0 Å². The summed E-state index contributed by atoms with van der Waals surface area (Å²) >= 11 is 0. The van der Waals surface area contributed by atoms with E-state index in [1.54, 1.807) is 6.26 Å². The van der Waals surface area contributed by atoms with Gasteiger partial charge in [0.25, 0.3) is 0 Å². The van der Waals surface area contributed by atoms with Gasteiger partial charge in [0.1, 0.15) is 17.6 Å². The fourth-order valence-electron chi connectivity index (χ4n) is 3.66. The largest absolute Gasteiger partial charge is 0.467 e. The van der Waals surface area contributed by atoms with Crippen molar-refractivity contribution in [3.63, 3.8) is 0 Å². The molecule has 2 N–H and O–H groups in total. The van der Waals surface area contributed by atoms with Gasteiger partial charge < -0.3 is 19.6 Å². The predicted molar refractivity (Wildman–Crippen MR) is 117 cm³/mol. The molecule has 1 atom stereocenters. The number of hydrogen-bond donors (Lipinski definition) is 2. The van der Waals surface area contributed by atoms with E-state index >= 15 is 0 Å². The molecule has 0 saturated heterocycles. The quantitative estimate of drug-likeness (QED) is 0.577. The predicted octanol–water partition coefficient (Wildman–Crippen LogP) is 4.54. The van der Waals surface area contributed by atoms with Crippen molar-refractivity contribution in [2.75, 3.05) is 11.9 Å². The van der Waals surface area contributed by atoms with Gasteiger partial charge in [0.2, 0.25) is 5.91 Å². The highest BCUT2D eigenvalue weighted by Gasteiger charge is 2.21. The lowest BCUT2D eigenvalue weighted by atomic mass is 9.96. The first kappa shape index (κ1) is 21.4. The minimum absolute atomic E-state index is 0.0609. The van der Waals surface area contributed by atoms with Crippen LogP contribution in [0.15, 0.2) is 53.1 Å². The van der Waals surface area contributed by atoms with E-state index < -0.39 is 0 Å². The fourth-order valence-corrected chi connectivity index (χ4v) is 3.66. The van der Waals surface area contributed by atoms with Crippen LogP contribution < -0.4 is 10.6 Å². The van der Waals surface area contributed by atoms with Crippen LogP contribution in [-0.2, 0) is 11.3 Å². The summed E-state index contributed by atoms with van der Waals surface area (Å²) in [6.07, 6.45) is 1.62. The highest BCUT2D eigenvalue weighted by atomic mass is 16.3. The van der Waals surface area contributed by atoms with Crippen molar-refractivity contribution in [1.82, 2.24) is 9.88 Å². The third-order valence-electron chi connectivity index (χ3n) is 5.40. The van der Waals surface area contributed by atoms with Crippen molar-refractivity contribution in [3.8, 4) is 6.07 Å². The van der Waals surface area contributed by atoms with Gasteiger partial charge in [0, 0.05) is 11.7 Å². The van der Waals surface area contributed by atoms with Crippen molar-refractivity contribution < 1.29 is 9.21 Å². The maximum atomic E-state index is 12.8. The molecule has 0 aliphatic carbocycles.